The lowest BCUT2D eigenvalue weighted by molar-refractivity contribution is 0.0958. The largest absolute Gasteiger partial charge is 0.497 e. The molecule has 1 amide bonds. The molecule has 3 aromatic rings. The molecule has 4 rings (SSSR count). The molecule has 1 fully saturated rings. The maximum atomic E-state index is 13.5. The van der Waals surface area contributed by atoms with Crippen LogP contribution >= 0.6 is 0 Å². The van der Waals surface area contributed by atoms with Crippen molar-refractivity contribution in [1.82, 2.24) is 4.90 Å². The molecule has 0 radical (unpaired) electrons. The standard InChI is InChI=1S/C27H30N2O3/c1-31-25-12-8-21(9-13-25)20-28-18-16-24(17-19-28)29(23-6-4-3-5-7-23)27(30)22-10-14-26(32-2)15-11-22/h3-15,24H,16-20H2,1-2H3. The molecule has 0 aromatic heterocycles. The van der Waals surface area contributed by atoms with E-state index in [0.717, 1.165) is 49.7 Å². The molecule has 1 aliphatic heterocycles. The molecule has 1 heterocycles. The highest BCUT2D eigenvalue weighted by atomic mass is 16.5. The van der Waals surface area contributed by atoms with Gasteiger partial charge in [0, 0.05) is 36.9 Å². The molecule has 1 aliphatic rings. The van der Waals surface area contributed by atoms with Crippen LogP contribution in [0.15, 0.2) is 78.9 Å². The first kappa shape index (κ1) is 21.9. The number of para-hydroxylation sites is 1. The van der Waals surface area contributed by atoms with Crippen molar-refractivity contribution in [3.63, 3.8) is 0 Å². The highest BCUT2D eigenvalue weighted by Crippen LogP contribution is 2.27. The van der Waals surface area contributed by atoms with Gasteiger partial charge in [0.1, 0.15) is 11.5 Å². The van der Waals surface area contributed by atoms with E-state index in [1.54, 1.807) is 14.2 Å². The minimum Gasteiger partial charge on any atom is -0.497 e. The number of benzene rings is 3. The molecule has 166 valence electrons. The third kappa shape index (κ3) is 5.11. The average molecular weight is 431 g/mol. The van der Waals surface area contributed by atoms with Crippen molar-refractivity contribution in [3.8, 4) is 11.5 Å². The fourth-order valence-electron chi connectivity index (χ4n) is 4.28. The summed E-state index contributed by atoms with van der Waals surface area (Å²) in [5.74, 6) is 1.66. The van der Waals surface area contributed by atoms with Gasteiger partial charge in [0.15, 0.2) is 0 Å². The van der Waals surface area contributed by atoms with Crippen molar-refractivity contribution in [2.24, 2.45) is 0 Å². The van der Waals surface area contributed by atoms with E-state index in [0.29, 0.717) is 5.56 Å². The molecule has 5 heteroatoms. The van der Waals surface area contributed by atoms with Crippen LogP contribution in [-0.4, -0.2) is 44.2 Å². The zero-order chi connectivity index (χ0) is 22.3. The third-order valence-corrected chi connectivity index (χ3v) is 6.08. The molecule has 3 aromatic carbocycles. The number of anilines is 1. The van der Waals surface area contributed by atoms with Gasteiger partial charge >= 0.3 is 0 Å². The van der Waals surface area contributed by atoms with Crippen LogP contribution in [0, 0.1) is 0 Å². The summed E-state index contributed by atoms with van der Waals surface area (Å²) in [4.78, 5) is 18.0. The Morgan fingerprint density at radius 1 is 0.844 bits per heavy atom. The van der Waals surface area contributed by atoms with Gasteiger partial charge in [-0.2, -0.15) is 0 Å². The summed E-state index contributed by atoms with van der Waals surface area (Å²) >= 11 is 0. The Bertz CT molecular complexity index is 995. The summed E-state index contributed by atoms with van der Waals surface area (Å²) in [7, 11) is 3.32. The number of piperidine rings is 1. The minimum atomic E-state index is 0.0347. The smallest absolute Gasteiger partial charge is 0.258 e. The minimum absolute atomic E-state index is 0.0347. The number of hydrogen-bond donors (Lipinski definition) is 0. The highest BCUT2D eigenvalue weighted by Gasteiger charge is 2.29. The number of amides is 1. The number of methoxy groups -OCH3 is 2. The molecule has 1 saturated heterocycles. The topological polar surface area (TPSA) is 42.0 Å². The summed E-state index contributed by atoms with van der Waals surface area (Å²) in [6.07, 6.45) is 1.87. The number of rotatable bonds is 7. The van der Waals surface area contributed by atoms with E-state index in [1.807, 2.05) is 71.6 Å². The molecule has 0 spiro atoms. The lowest BCUT2D eigenvalue weighted by atomic mass is 10.00. The van der Waals surface area contributed by atoms with E-state index in [2.05, 4.69) is 17.0 Å². The Kier molecular flexibility index (Phi) is 7.07. The first-order valence-electron chi connectivity index (χ1n) is 11.1. The molecule has 0 saturated carbocycles. The Morgan fingerprint density at radius 2 is 1.41 bits per heavy atom. The summed E-state index contributed by atoms with van der Waals surface area (Å²) in [5.41, 5.74) is 2.90. The second-order valence-electron chi connectivity index (χ2n) is 8.09. The van der Waals surface area contributed by atoms with Crippen LogP contribution in [0.4, 0.5) is 5.69 Å². The van der Waals surface area contributed by atoms with Crippen molar-refractivity contribution in [2.45, 2.75) is 25.4 Å². The van der Waals surface area contributed by atoms with E-state index in [1.165, 1.54) is 5.56 Å². The van der Waals surface area contributed by atoms with Crippen LogP contribution in [-0.2, 0) is 6.54 Å². The molecule has 0 aliphatic carbocycles. The SMILES string of the molecule is COc1ccc(CN2CCC(N(C(=O)c3ccc(OC)cc3)c3ccccc3)CC2)cc1. The first-order chi connectivity index (χ1) is 15.7. The Labute approximate surface area is 190 Å². The van der Waals surface area contributed by atoms with Gasteiger partial charge in [-0.05, 0) is 66.9 Å². The van der Waals surface area contributed by atoms with Gasteiger partial charge in [-0.1, -0.05) is 30.3 Å². The maximum absolute atomic E-state index is 13.5. The molecule has 0 unspecified atom stereocenters. The van der Waals surface area contributed by atoms with Crippen molar-refractivity contribution in [2.75, 3.05) is 32.2 Å². The fraction of sp³-hybridized carbons (Fsp3) is 0.296. The second kappa shape index (κ2) is 10.3. The average Bonchev–Trinajstić information content (AvgIpc) is 2.86. The summed E-state index contributed by atoms with van der Waals surface area (Å²) < 4.78 is 10.5. The highest BCUT2D eigenvalue weighted by molar-refractivity contribution is 6.06. The molecule has 32 heavy (non-hydrogen) atoms. The number of nitrogens with zero attached hydrogens (tertiary/aromatic N) is 2. The lowest BCUT2D eigenvalue weighted by Gasteiger charge is -2.38. The Hall–Kier alpha value is -3.31. The second-order valence-corrected chi connectivity index (χ2v) is 8.09. The number of hydrogen-bond acceptors (Lipinski definition) is 4. The van der Waals surface area contributed by atoms with Gasteiger partial charge < -0.3 is 14.4 Å². The number of likely N-dealkylation sites (tertiary alicyclic amines) is 1. The van der Waals surface area contributed by atoms with Crippen LogP contribution in [0.25, 0.3) is 0 Å². The molecule has 5 nitrogen and oxygen atoms in total. The predicted molar refractivity (Wildman–Crippen MR) is 128 cm³/mol. The van der Waals surface area contributed by atoms with E-state index < -0.39 is 0 Å². The Morgan fingerprint density at radius 3 is 1.97 bits per heavy atom. The van der Waals surface area contributed by atoms with Gasteiger partial charge in [-0.15, -0.1) is 0 Å². The zero-order valence-electron chi connectivity index (χ0n) is 18.7. The van der Waals surface area contributed by atoms with Gasteiger partial charge in [0.05, 0.1) is 14.2 Å². The van der Waals surface area contributed by atoms with Gasteiger partial charge in [-0.3, -0.25) is 9.69 Å². The number of ether oxygens (including phenoxy) is 2. The van der Waals surface area contributed by atoms with Crippen LogP contribution in [0.1, 0.15) is 28.8 Å². The van der Waals surface area contributed by atoms with Gasteiger partial charge in [-0.25, -0.2) is 0 Å². The fourth-order valence-corrected chi connectivity index (χ4v) is 4.28. The first-order valence-corrected chi connectivity index (χ1v) is 11.1. The zero-order valence-corrected chi connectivity index (χ0v) is 18.7. The van der Waals surface area contributed by atoms with Crippen molar-refractivity contribution in [1.29, 1.82) is 0 Å². The van der Waals surface area contributed by atoms with E-state index >= 15 is 0 Å². The summed E-state index contributed by atoms with van der Waals surface area (Å²) in [6, 6.07) is 25.8. The van der Waals surface area contributed by atoms with Crippen molar-refractivity contribution in [3.05, 3.63) is 90.0 Å². The normalized spacial score (nSPS) is 14.7. The molecular weight excluding hydrogens is 400 g/mol. The lowest BCUT2D eigenvalue weighted by Crippen LogP contribution is -2.47. The van der Waals surface area contributed by atoms with E-state index in [-0.39, 0.29) is 11.9 Å². The number of carbonyl (C=O) groups is 1. The van der Waals surface area contributed by atoms with Gasteiger partial charge in [0.25, 0.3) is 5.91 Å². The number of carbonyl (C=O) groups excluding carboxylic acids is 1. The Balaban J connectivity index is 1.46. The quantitative estimate of drug-likeness (QED) is 0.528. The third-order valence-electron chi connectivity index (χ3n) is 6.08. The van der Waals surface area contributed by atoms with Gasteiger partial charge in [0.2, 0.25) is 0 Å². The molecular formula is C27H30N2O3. The molecule has 0 atom stereocenters. The monoisotopic (exact) mass is 430 g/mol. The molecule has 0 N–H and O–H groups in total. The summed E-state index contributed by atoms with van der Waals surface area (Å²) in [5, 5.41) is 0. The van der Waals surface area contributed by atoms with Crippen LogP contribution < -0.4 is 14.4 Å². The van der Waals surface area contributed by atoms with Crippen LogP contribution in [0.5, 0.6) is 11.5 Å². The maximum Gasteiger partial charge on any atom is 0.258 e. The van der Waals surface area contributed by atoms with Crippen LogP contribution in [0.3, 0.4) is 0 Å². The van der Waals surface area contributed by atoms with Crippen molar-refractivity contribution >= 4 is 11.6 Å². The molecule has 0 bridgehead atoms. The summed E-state index contributed by atoms with van der Waals surface area (Å²) in [6.45, 7) is 2.82. The van der Waals surface area contributed by atoms with Crippen LogP contribution in [0.2, 0.25) is 0 Å². The predicted octanol–water partition coefficient (Wildman–Crippen LogP) is 5.02. The van der Waals surface area contributed by atoms with E-state index in [4.69, 9.17) is 9.47 Å². The van der Waals surface area contributed by atoms with Crippen molar-refractivity contribution < 1.29 is 14.3 Å². The van der Waals surface area contributed by atoms with E-state index in [9.17, 15) is 4.79 Å².